The predicted octanol–water partition coefficient (Wildman–Crippen LogP) is 19.0. The highest BCUT2D eigenvalue weighted by Gasteiger charge is 2.36. The van der Waals surface area contributed by atoms with Crippen LogP contribution >= 0.6 is 21.6 Å². The number of aliphatic hydroxyl groups is 2. The van der Waals surface area contributed by atoms with Gasteiger partial charge in [-0.2, -0.15) is 0 Å². The second kappa shape index (κ2) is 34.4. The van der Waals surface area contributed by atoms with Crippen LogP contribution in [0.4, 0.5) is 5.69 Å². The molecule has 15 heteroatoms. The maximum Gasteiger partial charge on any atom is 0.275 e. The van der Waals surface area contributed by atoms with Crippen LogP contribution in [0.25, 0.3) is 10.4 Å². The molecule has 0 aliphatic carbocycles. The van der Waals surface area contributed by atoms with Crippen LogP contribution in [0, 0.1) is 32.3 Å². The highest BCUT2D eigenvalue weighted by Crippen LogP contribution is 2.43. The van der Waals surface area contributed by atoms with Crippen molar-refractivity contribution in [1.82, 2.24) is 0 Å². The Bertz CT molecular complexity index is 1750. The molecule has 1 aromatic rings. The van der Waals surface area contributed by atoms with Crippen LogP contribution in [-0.4, -0.2) is 84.5 Å². The van der Waals surface area contributed by atoms with Gasteiger partial charge in [0.05, 0.1) is 64.9 Å². The van der Waals surface area contributed by atoms with Crippen molar-refractivity contribution in [3.8, 4) is 0 Å². The molecule has 2 N–H and O–H groups in total. The fourth-order valence-corrected chi connectivity index (χ4v) is 7.47. The Morgan fingerprint density at radius 2 is 1.00 bits per heavy atom. The van der Waals surface area contributed by atoms with Crippen molar-refractivity contribution in [3.63, 3.8) is 0 Å². The van der Waals surface area contributed by atoms with Crippen molar-refractivity contribution >= 4 is 27.3 Å². The van der Waals surface area contributed by atoms with Gasteiger partial charge >= 0.3 is 0 Å². The smallest absolute Gasteiger partial charge is 0.275 e. The van der Waals surface area contributed by atoms with Crippen LogP contribution in [0.15, 0.2) is 35.5 Å². The molecular formula is C61H122N4O9S2. The molecule has 1 rings (SSSR count). The van der Waals surface area contributed by atoms with E-state index >= 15 is 0 Å². The summed E-state index contributed by atoms with van der Waals surface area (Å²) in [6.07, 6.45) is -1.38. The van der Waals surface area contributed by atoms with Crippen LogP contribution in [0.3, 0.4) is 0 Å². The summed E-state index contributed by atoms with van der Waals surface area (Å²) in [6, 6.07) is 5.38. The number of nitrogens with zero attached hydrogens (tertiary/aromatic N) is 4. The average molecular weight is 1120 g/mol. The lowest BCUT2D eigenvalue weighted by atomic mass is 9.76. The molecule has 0 radical (unpaired) electrons. The minimum Gasteiger partial charge on any atom is -0.390 e. The molecule has 0 saturated carbocycles. The molecule has 452 valence electrons. The van der Waals surface area contributed by atoms with E-state index in [9.17, 15) is 20.3 Å². The molecule has 76 heavy (non-hydrogen) atoms. The third kappa shape index (κ3) is 51.5. The molecule has 0 fully saturated rings. The lowest BCUT2D eigenvalue weighted by molar-refractivity contribution is -0.386. The van der Waals surface area contributed by atoms with Crippen molar-refractivity contribution in [3.05, 3.63) is 62.0 Å². The van der Waals surface area contributed by atoms with Crippen LogP contribution in [0.5, 0.6) is 0 Å². The van der Waals surface area contributed by atoms with E-state index in [-0.39, 0.29) is 61.8 Å². The third-order valence-electron chi connectivity index (χ3n) is 9.22. The average Bonchev–Trinajstić information content (AvgIpc) is 3.14. The van der Waals surface area contributed by atoms with E-state index in [1.807, 2.05) is 215 Å². The van der Waals surface area contributed by atoms with Crippen LogP contribution in [0.1, 0.15) is 253 Å². The standard InChI is InChI=1S/C14H21NO3.C11H24O2.C10H22O2.C9H19N3O.C9H18O.C8H18S2/c1-10(2)18-9-11-6-7-12(14(3,4)5)8-13(11)15(16)17;1-9(2,3)12-11(7,8)13-10(4,5)6;1-9(2,3)7(11)8(12)10(4,5)6;1-8(2,3)7(11-12-10)13-9(4,5)6;1-7(2)9(5)6-10-8(3)4;1-7(2,3)9-10-8(4,5)6/h6-8,10H,9H2,1-5H3;1-8H3;7-8,11-12H,1-6H3;7H,1-6H3;7-8H,5-6H2,1-4H3;1-6H3. The second-order valence-corrected chi connectivity index (χ2v) is 33.7. The fraction of sp³-hybridized carbons (Fsp3) is 0.869. The summed E-state index contributed by atoms with van der Waals surface area (Å²) in [5.74, 6) is 0.00926. The van der Waals surface area contributed by atoms with E-state index in [1.54, 1.807) is 12.1 Å². The molecule has 0 aliphatic rings. The summed E-state index contributed by atoms with van der Waals surface area (Å²) < 4.78 is 28.8. The van der Waals surface area contributed by atoms with Gasteiger partial charge in [0.2, 0.25) is 0 Å². The van der Waals surface area contributed by atoms with Gasteiger partial charge in [0.15, 0.2) is 5.79 Å². The van der Waals surface area contributed by atoms with Gasteiger partial charge in [-0.1, -0.05) is 178 Å². The molecule has 0 aliphatic heterocycles. The Balaban J connectivity index is -0.000000269. The maximum absolute atomic E-state index is 11.1. The van der Waals surface area contributed by atoms with Crippen molar-refractivity contribution in [2.24, 2.45) is 27.3 Å². The lowest BCUT2D eigenvalue weighted by Gasteiger charge is -2.38. The van der Waals surface area contributed by atoms with E-state index in [0.717, 1.165) is 5.56 Å². The Morgan fingerprint density at radius 1 is 0.632 bits per heavy atom. The number of azide groups is 1. The Hall–Kier alpha value is -1.91. The largest absolute Gasteiger partial charge is 0.390 e. The highest BCUT2D eigenvalue weighted by molar-refractivity contribution is 8.77. The number of hydrogen-bond acceptors (Lipinski definition) is 12. The first kappa shape index (κ1) is 82.9. The number of rotatable bonds is 14. The maximum atomic E-state index is 11.1. The van der Waals surface area contributed by atoms with E-state index in [4.69, 9.17) is 29.2 Å². The van der Waals surface area contributed by atoms with Gasteiger partial charge in [-0.25, -0.2) is 0 Å². The number of benzene rings is 1. The van der Waals surface area contributed by atoms with Crippen LogP contribution < -0.4 is 0 Å². The normalized spacial score (nSPS) is 14.2. The molecular weight excluding hydrogens is 997 g/mol. The van der Waals surface area contributed by atoms with E-state index in [0.29, 0.717) is 33.7 Å². The summed E-state index contributed by atoms with van der Waals surface area (Å²) in [4.78, 5) is 13.5. The van der Waals surface area contributed by atoms with Gasteiger partial charge in [0, 0.05) is 20.5 Å². The van der Waals surface area contributed by atoms with E-state index in [2.05, 4.69) is 72.0 Å². The summed E-state index contributed by atoms with van der Waals surface area (Å²) in [7, 11) is 3.91. The van der Waals surface area contributed by atoms with Gasteiger partial charge < -0.3 is 33.9 Å². The summed E-state index contributed by atoms with van der Waals surface area (Å²) >= 11 is 0. The molecule has 0 bridgehead atoms. The molecule has 0 amide bonds. The molecule has 13 nitrogen and oxygen atoms in total. The summed E-state index contributed by atoms with van der Waals surface area (Å²) in [6.45, 7) is 76.0. The van der Waals surface area contributed by atoms with Crippen molar-refractivity contribution < 1.29 is 38.8 Å². The first-order chi connectivity index (χ1) is 33.1. The highest BCUT2D eigenvalue weighted by atomic mass is 33.1. The number of nitro groups is 1. The molecule has 3 atom stereocenters. The molecule has 0 aromatic heterocycles. The minimum atomic E-state index is -0.669. The minimum absolute atomic E-state index is 0.0619. The second-order valence-electron chi connectivity index (χ2n) is 29.9. The molecule has 0 heterocycles. The van der Waals surface area contributed by atoms with E-state index in [1.165, 1.54) is 5.57 Å². The molecule has 3 unspecified atom stereocenters. The van der Waals surface area contributed by atoms with Gasteiger partial charge in [-0.3, -0.25) is 10.1 Å². The zero-order chi connectivity index (χ0) is 62.3. The zero-order valence-corrected chi connectivity index (χ0v) is 57.3. The van der Waals surface area contributed by atoms with Gasteiger partial charge in [0.1, 0.15) is 6.23 Å². The van der Waals surface area contributed by atoms with Crippen molar-refractivity contribution in [2.45, 2.75) is 317 Å². The Kier molecular flexibility index (Phi) is 37.5. The lowest BCUT2D eigenvalue weighted by Crippen LogP contribution is -2.44. The van der Waals surface area contributed by atoms with Crippen LogP contribution in [0.2, 0.25) is 0 Å². The number of ether oxygens (including phenoxy) is 5. The van der Waals surface area contributed by atoms with Gasteiger partial charge in [0.25, 0.3) is 5.69 Å². The topological polar surface area (TPSA) is 179 Å². The SMILES string of the molecule is C=C(COC(C)C)C(C)C.CC(C)(C)C(O)C(O)C(C)(C)C.CC(C)(C)OC(C)(C)OC(C)(C)C.CC(C)(C)OC(N=[N+]=[N-])C(C)(C)C.CC(C)(C)SSC(C)(C)C.CC(C)OCc1ccc(C(C)(C)C)cc1[N+](=O)[O-]. The van der Waals surface area contributed by atoms with Gasteiger partial charge in [-0.05, 0) is 154 Å². The van der Waals surface area contributed by atoms with E-state index < -0.39 is 24.2 Å². The summed E-state index contributed by atoms with van der Waals surface area (Å²) in [5.41, 5.74) is 9.87. The predicted molar refractivity (Wildman–Crippen MR) is 331 cm³/mol. The number of aliphatic hydroxyl groups excluding tert-OH is 2. The quantitative estimate of drug-likeness (QED) is 0.0265. The molecule has 1 aromatic carbocycles. The Morgan fingerprint density at radius 3 is 1.24 bits per heavy atom. The third-order valence-corrected chi connectivity index (χ3v) is 13.6. The van der Waals surface area contributed by atoms with Gasteiger partial charge in [-0.15, -0.1) is 0 Å². The monoisotopic (exact) mass is 1120 g/mol. The zero-order valence-electron chi connectivity index (χ0n) is 55.7. The molecule has 0 saturated heterocycles. The van der Waals surface area contributed by atoms with Crippen molar-refractivity contribution in [2.75, 3.05) is 6.61 Å². The molecule has 0 spiro atoms. The first-order valence-corrected chi connectivity index (χ1v) is 29.3. The fourth-order valence-electron chi connectivity index (χ4n) is 5.47. The Labute approximate surface area is 476 Å². The van der Waals surface area contributed by atoms with Crippen molar-refractivity contribution in [1.29, 1.82) is 0 Å². The first-order valence-electron chi connectivity index (χ1n) is 27.1. The number of hydrogen-bond donors (Lipinski definition) is 2. The van der Waals surface area contributed by atoms with Crippen LogP contribution in [-0.2, 0) is 35.7 Å². The number of nitro benzene ring substituents is 1. The summed E-state index contributed by atoms with van der Waals surface area (Å²) in [5, 5.41) is 34.2.